The van der Waals surface area contributed by atoms with E-state index in [1.165, 1.54) is 11.1 Å². The Kier molecular flexibility index (Phi) is 5.21. The van der Waals surface area contributed by atoms with Crippen molar-refractivity contribution in [2.24, 2.45) is 0 Å². The van der Waals surface area contributed by atoms with Gasteiger partial charge in [-0.05, 0) is 51.0 Å². The molecule has 3 heteroatoms. The number of carbonyl (C=O) groups is 1. The van der Waals surface area contributed by atoms with Gasteiger partial charge >= 0.3 is 0 Å². The van der Waals surface area contributed by atoms with Crippen LogP contribution in [0.15, 0.2) is 42.5 Å². The van der Waals surface area contributed by atoms with Gasteiger partial charge in [0.1, 0.15) is 5.75 Å². The van der Waals surface area contributed by atoms with Gasteiger partial charge in [0.15, 0.2) is 6.10 Å². The monoisotopic (exact) mass is 297 g/mol. The number of nitrogens with one attached hydrogen (secondary N) is 1. The predicted octanol–water partition coefficient (Wildman–Crippen LogP) is 4.41. The molecule has 0 aliphatic carbocycles. The van der Waals surface area contributed by atoms with Crippen LogP contribution in [0.2, 0.25) is 0 Å². The van der Waals surface area contributed by atoms with Gasteiger partial charge < -0.3 is 10.1 Å². The molecule has 2 aromatic rings. The fourth-order valence-corrected chi connectivity index (χ4v) is 2.27. The number of amides is 1. The maximum absolute atomic E-state index is 12.4. The van der Waals surface area contributed by atoms with Gasteiger partial charge in [0, 0.05) is 5.69 Å². The van der Waals surface area contributed by atoms with Crippen LogP contribution in [0.3, 0.4) is 0 Å². The highest BCUT2D eigenvalue weighted by Gasteiger charge is 2.19. The quantitative estimate of drug-likeness (QED) is 0.888. The molecule has 2 rings (SSSR count). The molecule has 2 aromatic carbocycles. The second-order valence-corrected chi connectivity index (χ2v) is 5.64. The Hall–Kier alpha value is -2.29. The Bertz CT molecular complexity index is 647. The summed E-state index contributed by atoms with van der Waals surface area (Å²) in [6.45, 7) is 7.99. The van der Waals surface area contributed by atoms with Gasteiger partial charge in [0.2, 0.25) is 0 Å². The molecular weight excluding hydrogens is 274 g/mol. The zero-order chi connectivity index (χ0) is 16.1. The first-order valence-electron chi connectivity index (χ1n) is 7.61. The largest absolute Gasteiger partial charge is 0.481 e. The van der Waals surface area contributed by atoms with Crippen LogP contribution in [0.4, 0.5) is 5.69 Å². The Morgan fingerprint density at radius 1 is 1.05 bits per heavy atom. The third-order valence-electron chi connectivity index (χ3n) is 3.60. The summed E-state index contributed by atoms with van der Waals surface area (Å²) in [4.78, 5) is 12.4. The fourth-order valence-electron chi connectivity index (χ4n) is 2.27. The summed E-state index contributed by atoms with van der Waals surface area (Å²) in [7, 11) is 0. The van der Waals surface area contributed by atoms with Crippen molar-refractivity contribution in [2.75, 3.05) is 5.32 Å². The molecule has 0 saturated heterocycles. The van der Waals surface area contributed by atoms with Crippen LogP contribution in [0.1, 0.15) is 30.0 Å². The zero-order valence-electron chi connectivity index (χ0n) is 13.6. The van der Waals surface area contributed by atoms with E-state index in [1.807, 2.05) is 64.1 Å². The molecule has 0 saturated carbocycles. The second-order valence-electron chi connectivity index (χ2n) is 5.64. The van der Waals surface area contributed by atoms with Crippen LogP contribution in [-0.4, -0.2) is 12.0 Å². The third-order valence-corrected chi connectivity index (χ3v) is 3.60. The van der Waals surface area contributed by atoms with E-state index in [-0.39, 0.29) is 5.91 Å². The number of aryl methyl sites for hydroxylation is 3. The summed E-state index contributed by atoms with van der Waals surface area (Å²) in [6, 6.07) is 13.7. The molecule has 0 unspecified atom stereocenters. The number of hydrogen-bond donors (Lipinski definition) is 1. The molecule has 0 aromatic heterocycles. The highest BCUT2D eigenvalue weighted by atomic mass is 16.5. The van der Waals surface area contributed by atoms with Crippen LogP contribution >= 0.6 is 0 Å². The van der Waals surface area contributed by atoms with Gasteiger partial charge in [-0.3, -0.25) is 4.79 Å². The SMILES string of the molecule is CC[C@H](Oc1ccc(C)cc1)C(=O)Nc1ccc(C)cc1C. The van der Waals surface area contributed by atoms with Gasteiger partial charge in [-0.2, -0.15) is 0 Å². The molecule has 0 spiro atoms. The molecule has 0 bridgehead atoms. The normalized spacial score (nSPS) is 11.8. The highest BCUT2D eigenvalue weighted by molar-refractivity contribution is 5.95. The van der Waals surface area contributed by atoms with Crippen LogP contribution in [-0.2, 0) is 4.79 Å². The molecule has 0 aliphatic heterocycles. The van der Waals surface area contributed by atoms with Crippen LogP contribution in [0.25, 0.3) is 0 Å². The lowest BCUT2D eigenvalue weighted by atomic mass is 10.1. The minimum absolute atomic E-state index is 0.116. The zero-order valence-corrected chi connectivity index (χ0v) is 13.6. The molecule has 116 valence electrons. The summed E-state index contributed by atoms with van der Waals surface area (Å²) in [5.41, 5.74) is 4.23. The van der Waals surface area contributed by atoms with E-state index in [1.54, 1.807) is 0 Å². The molecule has 22 heavy (non-hydrogen) atoms. The molecule has 1 atom stereocenters. The molecule has 3 nitrogen and oxygen atoms in total. The predicted molar refractivity (Wildman–Crippen MR) is 90.4 cm³/mol. The number of hydrogen-bond acceptors (Lipinski definition) is 2. The lowest BCUT2D eigenvalue weighted by Crippen LogP contribution is -2.32. The molecule has 1 amide bonds. The summed E-state index contributed by atoms with van der Waals surface area (Å²) >= 11 is 0. The van der Waals surface area contributed by atoms with Crippen LogP contribution < -0.4 is 10.1 Å². The van der Waals surface area contributed by atoms with E-state index in [0.29, 0.717) is 12.2 Å². The van der Waals surface area contributed by atoms with Crippen molar-refractivity contribution >= 4 is 11.6 Å². The Morgan fingerprint density at radius 2 is 1.68 bits per heavy atom. The first kappa shape index (κ1) is 16.1. The van der Waals surface area contributed by atoms with Crippen molar-refractivity contribution in [3.8, 4) is 5.75 Å². The molecule has 0 heterocycles. The molecular formula is C19H23NO2. The van der Waals surface area contributed by atoms with Gasteiger partial charge in [-0.15, -0.1) is 0 Å². The van der Waals surface area contributed by atoms with Gasteiger partial charge in [-0.25, -0.2) is 0 Å². The third kappa shape index (κ3) is 4.10. The minimum Gasteiger partial charge on any atom is -0.481 e. The Labute approximate surface area is 132 Å². The number of rotatable bonds is 5. The number of benzene rings is 2. The lowest BCUT2D eigenvalue weighted by Gasteiger charge is -2.18. The summed E-state index contributed by atoms with van der Waals surface area (Å²) in [5.74, 6) is 0.600. The average Bonchev–Trinajstić information content (AvgIpc) is 2.49. The first-order chi connectivity index (χ1) is 10.5. The van der Waals surface area contributed by atoms with E-state index in [2.05, 4.69) is 11.4 Å². The van der Waals surface area contributed by atoms with Crippen molar-refractivity contribution in [3.63, 3.8) is 0 Å². The topological polar surface area (TPSA) is 38.3 Å². The highest BCUT2D eigenvalue weighted by Crippen LogP contribution is 2.19. The maximum Gasteiger partial charge on any atom is 0.265 e. The van der Waals surface area contributed by atoms with Crippen molar-refractivity contribution in [2.45, 2.75) is 40.2 Å². The number of ether oxygens (including phenoxy) is 1. The van der Waals surface area contributed by atoms with E-state index >= 15 is 0 Å². The fraction of sp³-hybridized carbons (Fsp3) is 0.316. The van der Waals surface area contributed by atoms with Crippen molar-refractivity contribution in [3.05, 3.63) is 59.2 Å². The van der Waals surface area contributed by atoms with Gasteiger partial charge in [-0.1, -0.05) is 42.3 Å². The smallest absolute Gasteiger partial charge is 0.265 e. The van der Waals surface area contributed by atoms with E-state index in [4.69, 9.17) is 4.74 Å². The number of anilines is 1. The van der Waals surface area contributed by atoms with E-state index in [9.17, 15) is 4.79 Å². The molecule has 1 N–H and O–H groups in total. The Morgan fingerprint density at radius 3 is 2.27 bits per heavy atom. The second kappa shape index (κ2) is 7.12. The molecule has 0 radical (unpaired) electrons. The summed E-state index contributed by atoms with van der Waals surface area (Å²) < 4.78 is 5.80. The van der Waals surface area contributed by atoms with Crippen molar-refractivity contribution < 1.29 is 9.53 Å². The molecule has 0 fully saturated rings. The van der Waals surface area contributed by atoms with Crippen molar-refractivity contribution in [1.29, 1.82) is 0 Å². The van der Waals surface area contributed by atoms with Gasteiger partial charge in [0.25, 0.3) is 5.91 Å². The van der Waals surface area contributed by atoms with E-state index < -0.39 is 6.10 Å². The maximum atomic E-state index is 12.4. The summed E-state index contributed by atoms with van der Waals surface area (Å²) in [5, 5.41) is 2.96. The average molecular weight is 297 g/mol. The van der Waals surface area contributed by atoms with Crippen LogP contribution in [0, 0.1) is 20.8 Å². The van der Waals surface area contributed by atoms with E-state index in [0.717, 1.165) is 11.3 Å². The van der Waals surface area contributed by atoms with Crippen molar-refractivity contribution in [1.82, 2.24) is 0 Å². The number of carbonyl (C=O) groups excluding carboxylic acids is 1. The lowest BCUT2D eigenvalue weighted by molar-refractivity contribution is -0.122. The minimum atomic E-state index is -0.497. The molecule has 0 aliphatic rings. The standard InChI is InChI=1S/C19H23NO2/c1-5-18(22-16-9-6-13(2)7-10-16)19(21)20-17-11-8-14(3)12-15(17)4/h6-12,18H,5H2,1-4H3,(H,20,21)/t18-/m0/s1. The summed E-state index contributed by atoms with van der Waals surface area (Å²) in [6.07, 6.45) is 0.119. The first-order valence-corrected chi connectivity index (χ1v) is 7.61. The Balaban J connectivity index is 2.06. The van der Waals surface area contributed by atoms with Gasteiger partial charge in [0.05, 0.1) is 0 Å². The van der Waals surface area contributed by atoms with Crippen LogP contribution in [0.5, 0.6) is 5.75 Å².